The van der Waals surface area contributed by atoms with E-state index in [1.54, 1.807) is 0 Å². The molecular weight excluding hydrogens is 774 g/mol. The molecule has 10 heteroatoms. The minimum atomic E-state index is -4.64. The summed E-state index contributed by atoms with van der Waals surface area (Å²) in [6.07, 6.45) is 51.2. The van der Waals surface area contributed by atoms with Crippen LogP contribution >= 0.6 is 7.82 Å². The van der Waals surface area contributed by atoms with E-state index < -0.39 is 32.5 Å². The molecule has 0 radical (unpaired) electrons. The van der Waals surface area contributed by atoms with Gasteiger partial charge in [0.05, 0.1) is 27.7 Å². The molecule has 0 heterocycles. The average molecular weight is 864 g/mol. The maximum absolute atomic E-state index is 12.7. The number of nitrogens with zero attached hydrogens (tertiary/aromatic N) is 1. The van der Waals surface area contributed by atoms with Crippen LogP contribution in [-0.4, -0.2) is 70.0 Å². The first-order chi connectivity index (χ1) is 29.0. The summed E-state index contributed by atoms with van der Waals surface area (Å²) in [7, 11) is 1.13. The van der Waals surface area contributed by atoms with E-state index >= 15 is 0 Å². The Morgan fingerprint density at radius 2 is 0.933 bits per heavy atom. The lowest BCUT2D eigenvalue weighted by molar-refractivity contribution is -0.870. The lowest BCUT2D eigenvalue weighted by Gasteiger charge is -2.28. The van der Waals surface area contributed by atoms with E-state index in [2.05, 4.69) is 62.5 Å². The topological polar surface area (TPSA) is 111 Å². The van der Waals surface area contributed by atoms with Crippen molar-refractivity contribution in [2.45, 2.75) is 200 Å². The van der Waals surface area contributed by atoms with Crippen molar-refractivity contribution in [3.05, 3.63) is 60.8 Å². The summed E-state index contributed by atoms with van der Waals surface area (Å²) < 4.78 is 33.9. The molecule has 0 aromatic rings. The fraction of sp³-hybridized carbons (Fsp3) is 0.760. The Morgan fingerprint density at radius 1 is 0.517 bits per heavy atom. The minimum Gasteiger partial charge on any atom is -0.756 e. The molecule has 0 N–H and O–H groups in total. The van der Waals surface area contributed by atoms with Crippen LogP contribution < -0.4 is 4.89 Å². The van der Waals surface area contributed by atoms with E-state index in [1.165, 1.54) is 109 Å². The maximum Gasteiger partial charge on any atom is 0.306 e. The number of esters is 2. The number of rotatable bonds is 43. The van der Waals surface area contributed by atoms with E-state index in [-0.39, 0.29) is 26.1 Å². The van der Waals surface area contributed by atoms with Gasteiger partial charge < -0.3 is 27.9 Å². The Hall–Kier alpha value is -2.29. The van der Waals surface area contributed by atoms with Gasteiger partial charge in [-0.25, -0.2) is 0 Å². The van der Waals surface area contributed by atoms with Crippen molar-refractivity contribution < 1.29 is 42.1 Å². The van der Waals surface area contributed by atoms with Crippen LogP contribution in [0.5, 0.6) is 0 Å². The number of quaternary nitrogens is 1. The Balaban J connectivity index is 4.42. The number of allylic oxidation sites excluding steroid dienone is 10. The summed E-state index contributed by atoms with van der Waals surface area (Å²) in [5.41, 5.74) is 0. The zero-order valence-corrected chi connectivity index (χ0v) is 40.0. The van der Waals surface area contributed by atoms with Crippen LogP contribution in [0.15, 0.2) is 60.8 Å². The van der Waals surface area contributed by atoms with Gasteiger partial charge in [-0.05, 0) is 51.4 Å². The highest BCUT2D eigenvalue weighted by Crippen LogP contribution is 2.38. The molecule has 0 aromatic heterocycles. The molecule has 2 atom stereocenters. The van der Waals surface area contributed by atoms with Crippen LogP contribution in [0.3, 0.4) is 0 Å². The highest BCUT2D eigenvalue weighted by atomic mass is 31.2. The van der Waals surface area contributed by atoms with Gasteiger partial charge >= 0.3 is 11.9 Å². The van der Waals surface area contributed by atoms with Crippen LogP contribution in [0.1, 0.15) is 194 Å². The number of ether oxygens (including phenoxy) is 2. The number of hydrogen-bond donors (Lipinski definition) is 0. The van der Waals surface area contributed by atoms with Crippen molar-refractivity contribution in [3.63, 3.8) is 0 Å². The van der Waals surface area contributed by atoms with Crippen molar-refractivity contribution in [2.75, 3.05) is 47.5 Å². The molecule has 0 aliphatic heterocycles. The monoisotopic (exact) mass is 864 g/mol. The van der Waals surface area contributed by atoms with Crippen molar-refractivity contribution in [2.24, 2.45) is 0 Å². The van der Waals surface area contributed by atoms with Gasteiger partial charge in [0, 0.05) is 12.8 Å². The molecule has 0 fully saturated rings. The normalized spacial score (nSPS) is 14.0. The molecule has 0 aromatic carbocycles. The Morgan fingerprint density at radius 3 is 1.40 bits per heavy atom. The first-order valence-electron chi connectivity index (χ1n) is 24.0. The third-order valence-electron chi connectivity index (χ3n) is 10.1. The number of phosphoric ester groups is 1. The number of carbonyl (C=O) groups is 2. The van der Waals surface area contributed by atoms with E-state index in [9.17, 15) is 19.0 Å². The zero-order chi connectivity index (χ0) is 44.3. The second-order valence-corrected chi connectivity index (χ2v) is 18.5. The van der Waals surface area contributed by atoms with E-state index in [0.717, 1.165) is 44.9 Å². The summed E-state index contributed by atoms with van der Waals surface area (Å²) in [5, 5.41) is 0. The molecule has 0 spiro atoms. The molecule has 0 bridgehead atoms. The van der Waals surface area contributed by atoms with Gasteiger partial charge in [0.1, 0.15) is 19.8 Å². The summed E-state index contributed by atoms with van der Waals surface area (Å²) >= 11 is 0. The van der Waals surface area contributed by atoms with Crippen LogP contribution in [0, 0.1) is 0 Å². The summed E-state index contributed by atoms with van der Waals surface area (Å²) in [6.45, 7) is 4.13. The van der Waals surface area contributed by atoms with Gasteiger partial charge in [0.25, 0.3) is 7.82 Å². The summed E-state index contributed by atoms with van der Waals surface area (Å²) in [4.78, 5) is 37.6. The van der Waals surface area contributed by atoms with Gasteiger partial charge in [-0.2, -0.15) is 0 Å². The van der Waals surface area contributed by atoms with Crippen molar-refractivity contribution in [3.8, 4) is 0 Å². The van der Waals surface area contributed by atoms with Crippen LogP contribution in [0.4, 0.5) is 0 Å². The molecule has 0 amide bonds. The van der Waals surface area contributed by atoms with Crippen LogP contribution in [-0.2, 0) is 32.7 Å². The Labute approximate surface area is 368 Å². The first-order valence-corrected chi connectivity index (χ1v) is 25.5. The molecule has 348 valence electrons. The Kier molecular flexibility index (Phi) is 40.4. The summed E-state index contributed by atoms with van der Waals surface area (Å²) in [6, 6.07) is 0. The minimum absolute atomic E-state index is 0.0427. The zero-order valence-electron chi connectivity index (χ0n) is 39.1. The van der Waals surface area contributed by atoms with Gasteiger partial charge in [-0.3, -0.25) is 14.2 Å². The van der Waals surface area contributed by atoms with Gasteiger partial charge in [0.2, 0.25) is 0 Å². The molecular formula is C50H90NO8P. The number of hydrogen-bond acceptors (Lipinski definition) is 8. The molecule has 0 aliphatic carbocycles. The fourth-order valence-electron chi connectivity index (χ4n) is 6.28. The predicted molar refractivity (Wildman–Crippen MR) is 250 cm³/mol. The highest BCUT2D eigenvalue weighted by molar-refractivity contribution is 7.45. The number of likely N-dealkylation sites (N-methyl/N-ethyl adjacent to an activating group) is 1. The third kappa shape index (κ3) is 45.2. The van der Waals surface area contributed by atoms with Crippen molar-refractivity contribution in [1.29, 1.82) is 0 Å². The second kappa shape index (κ2) is 42.0. The molecule has 0 saturated carbocycles. The van der Waals surface area contributed by atoms with E-state index in [4.69, 9.17) is 18.5 Å². The number of unbranched alkanes of at least 4 members (excludes halogenated alkanes) is 19. The van der Waals surface area contributed by atoms with Gasteiger partial charge in [-0.1, -0.05) is 190 Å². The maximum atomic E-state index is 12.7. The quantitative estimate of drug-likeness (QED) is 0.0196. The summed E-state index contributed by atoms with van der Waals surface area (Å²) in [5.74, 6) is -0.928. The smallest absolute Gasteiger partial charge is 0.306 e. The molecule has 1 unspecified atom stereocenters. The van der Waals surface area contributed by atoms with Crippen molar-refractivity contribution >= 4 is 19.8 Å². The lowest BCUT2D eigenvalue weighted by atomic mass is 10.0. The van der Waals surface area contributed by atoms with Gasteiger partial charge in [0.15, 0.2) is 6.10 Å². The number of phosphoric acid groups is 1. The average Bonchev–Trinajstić information content (AvgIpc) is 3.20. The highest BCUT2D eigenvalue weighted by Gasteiger charge is 2.21. The first kappa shape index (κ1) is 57.7. The molecule has 60 heavy (non-hydrogen) atoms. The van der Waals surface area contributed by atoms with E-state index in [1.807, 2.05) is 33.3 Å². The van der Waals surface area contributed by atoms with Crippen LogP contribution in [0.2, 0.25) is 0 Å². The van der Waals surface area contributed by atoms with E-state index in [0.29, 0.717) is 23.9 Å². The second-order valence-electron chi connectivity index (χ2n) is 17.1. The lowest BCUT2D eigenvalue weighted by Crippen LogP contribution is -2.37. The molecule has 0 saturated heterocycles. The molecule has 0 aliphatic rings. The number of carbonyl (C=O) groups excluding carboxylic acids is 2. The van der Waals surface area contributed by atoms with Crippen molar-refractivity contribution in [1.82, 2.24) is 0 Å². The molecule has 0 rings (SSSR count). The largest absolute Gasteiger partial charge is 0.756 e. The van der Waals surface area contributed by atoms with Gasteiger partial charge in [-0.15, -0.1) is 0 Å². The Bertz CT molecular complexity index is 1210. The SMILES string of the molecule is CCCCC/C=C/C/C=C/C/C=C/C/C=C/C/C=C/CCC(=O)OC[C@H](COP(=O)([O-])OCC[N+](C)(C)C)OC(=O)CCCCCCCCCCCCCCCCCCC. The van der Waals surface area contributed by atoms with Crippen LogP contribution in [0.25, 0.3) is 0 Å². The third-order valence-corrected chi connectivity index (χ3v) is 11.0. The standard InChI is InChI=1S/C50H90NO8P/c1-6-8-10-12-14-16-18-20-22-24-25-27-28-30-32-34-36-38-40-42-49(52)56-46-48(47-58-60(54,55)57-45-44-51(3,4)5)59-50(53)43-41-39-37-35-33-31-29-26-23-21-19-17-15-13-11-9-7-2/h14,16,20,22,25,27,30,32,36,38,48H,6-13,15,17-19,21,23-24,26,28-29,31,33-35,37,39-47H2,1-5H3/b16-14+,22-20+,27-25+,32-30+,38-36+/t48-/m1/s1. The predicted octanol–water partition coefficient (Wildman–Crippen LogP) is 13.4. The molecule has 9 nitrogen and oxygen atoms in total. The fourth-order valence-corrected chi connectivity index (χ4v) is 7.01.